The molecule has 0 saturated carbocycles. The van der Waals surface area contributed by atoms with Crippen LogP contribution in [0.5, 0.6) is 0 Å². The van der Waals surface area contributed by atoms with Crippen molar-refractivity contribution in [1.82, 2.24) is 0 Å². The average Bonchev–Trinajstić information content (AvgIpc) is 2.04. The van der Waals surface area contributed by atoms with E-state index in [4.69, 9.17) is 0 Å². The maximum Gasteiger partial charge on any atom is 0.0427 e. The van der Waals surface area contributed by atoms with E-state index < -0.39 is 0 Å². The van der Waals surface area contributed by atoms with Gasteiger partial charge in [-0.1, -0.05) is 33.8 Å². The summed E-state index contributed by atoms with van der Waals surface area (Å²) in [6.07, 6.45) is 3.48. The Balaban J connectivity index is 2.83. The molecule has 0 aromatic rings. The molecule has 0 fully saturated rings. The molecule has 1 aliphatic heterocycles. The lowest BCUT2D eigenvalue weighted by Gasteiger charge is -2.20. The number of hydrogen-bond acceptors (Lipinski definition) is 1. The van der Waals surface area contributed by atoms with Crippen molar-refractivity contribution in [1.29, 1.82) is 0 Å². The summed E-state index contributed by atoms with van der Waals surface area (Å²) >= 11 is 0. The van der Waals surface area contributed by atoms with Crippen molar-refractivity contribution in [3.05, 3.63) is 11.6 Å². The van der Waals surface area contributed by atoms with Crippen LogP contribution in [-0.4, -0.2) is 12.3 Å². The van der Waals surface area contributed by atoms with E-state index in [9.17, 15) is 0 Å². The molecule has 1 nitrogen and oxygen atoms in total. The summed E-state index contributed by atoms with van der Waals surface area (Å²) < 4.78 is 0. The Kier molecular flexibility index (Phi) is 3.07. The molecule has 0 bridgehead atoms. The Hall–Kier alpha value is -0.590. The molecule has 0 N–H and O–H groups in total. The Morgan fingerprint density at radius 2 is 1.83 bits per heavy atom. The zero-order chi connectivity index (χ0) is 9.14. The van der Waals surface area contributed by atoms with Gasteiger partial charge in [-0.2, -0.15) is 0 Å². The van der Waals surface area contributed by atoms with E-state index in [0.29, 0.717) is 11.8 Å². The number of nitrogens with zero attached hydrogens (tertiary/aromatic N) is 1. The fourth-order valence-corrected chi connectivity index (χ4v) is 1.65. The molecule has 0 aromatic carbocycles. The normalized spacial score (nSPS) is 18.2. The molecule has 0 aliphatic carbocycles. The summed E-state index contributed by atoms with van der Waals surface area (Å²) in [5.74, 6) is 1.21. The molecule has 1 aliphatic rings. The first-order chi connectivity index (χ1) is 5.63. The van der Waals surface area contributed by atoms with Crippen LogP contribution < -0.4 is 0 Å². The molecule has 0 amide bonds. The Bertz CT molecular complexity index is 185. The molecular weight excluding hydrogens is 146 g/mol. The lowest BCUT2D eigenvalue weighted by molar-refractivity contribution is 0.749. The van der Waals surface area contributed by atoms with Gasteiger partial charge >= 0.3 is 0 Å². The molecule has 1 heteroatoms. The van der Waals surface area contributed by atoms with Crippen LogP contribution >= 0.6 is 0 Å². The summed E-state index contributed by atoms with van der Waals surface area (Å²) in [5, 5.41) is 0. The molecular formula is C11H19N. The van der Waals surface area contributed by atoms with E-state index >= 15 is 0 Å². The molecule has 12 heavy (non-hydrogen) atoms. The van der Waals surface area contributed by atoms with Crippen molar-refractivity contribution >= 4 is 5.71 Å². The van der Waals surface area contributed by atoms with E-state index in [1.165, 1.54) is 11.3 Å². The van der Waals surface area contributed by atoms with Gasteiger partial charge in [-0.3, -0.25) is 4.99 Å². The summed E-state index contributed by atoms with van der Waals surface area (Å²) in [7, 11) is 0. The molecule has 1 rings (SSSR count). The predicted molar refractivity (Wildman–Crippen MR) is 54.7 cm³/mol. The van der Waals surface area contributed by atoms with Gasteiger partial charge in [0.2, 0.25) is 0 Å². The summed E-state index contributed by atoms with van der Waals surface area (Å²) in [6.45, 7) is 9.93. The molecule has 0 saturated heterocycles. The molecule has 1 heterocycles. The molecule has 0 unspecified atom stereocenters. The van der Waals surface area contributed by atoms with E-state index in [2.05, 4.69) is 38.8 Å². The van der Waals surface area contributed by atoms with Crippen LogP contribution in [0.25, 0.3) is 0 Å². The quantitative estimate of drug-likeness (QED) is 0.596. The van der Waals surface area contributed by atoms with E-state index in [0.717, 1.165) is 13.0 Å². The lowest BCUT2D eigenvalue weighted by Crippen LogP contribution is -2.18. The number of hydrogen-bond donors (Lipinski definition) is 0. The third kappa shape index (κ3) is 1.96. The van der Waals surface area contributed by atoms with Crippen molar-refractivity contribution in [2.75, 3.05) is 6.54 Å². The van der Waals surface area contributed by atoms with Crippen LogP contribution in [0.1, 0.15) is 34.1 Å². The SMILES string of the molecule is CC(C)C1=CCCN=C1C(C)C. The van der Waals surface area contributed by atoms with Gasteiger partial charge in [0, 0.05) is 12.3 Å². The van der Waals surface area contributed by atoms with Gasteiger partial charge in [0.25, 0.3) is 0 Å². The molecule has 0 radical (unpaired) electrons. The molecule has 0 atom stereocenters. The topological polar surface area (TPSA) is 12.4 Å². The smallest absolute Gasteiger partial charge is 0.0427 e. The van der Waals surface area contributed by atoms with Crippen LogP contribution in [0, 0.1) is 11.8 Å². The van der Waals surface area contributed by atoms with E-state index in [1.807, 2.05) is 0 Å². The largest absolute Gasteiger partial charge is 0.289 e. The fraction of sp³-hybridized carbons (Fsp3) is 0.727. The second-order valence-corrected chi connectivity index (χ2v) is 4.02. The van der Waals surface area contributed by atoms with Crippen molar-refractivity contribution in [3.8, 4) is 0 Å². The first kappa shape index (κ1) is 9.50. The van der Waals surface area contributed by atoms with Crippen LogP contribution in [-0.2, 0) is 0 Å². The Morgan fingerprint density at radius 3 is 2.25 bits per heavy atom. The summed E-state index contributed by atoms with van der Waals surface area (Å²) in [5.41, 5.74) is 2.80. The monoisotopic (exact) mass is 165 g/mol. The number of aliphatic imine (C=N–C) groups is 1. The van der Waals surface area contributed by atoms with Gasteiger partial charge in [-0.05, 0) is 23.8 Å². The maximum atomic E-state index is 4.58. The van der Waals surface area contributed by atoms with E-state index in [-0.39, 0.29) is 0 Å². The standard InChI is InChI=1S/C11H19N/c1-8(2)10-6-5-7-12-11(10)9(3)4/h6,8-9H,5,7H2,1-4H3. The molecule has 0 spiro atoms. The predicted octanol–water partition coefficient (Wildman–Crippen LogP) is 3.07. The fourth-order valence-electron chi connectivity index (χ4n) is 1.65. The average molecular weight is 165 g/mol. The minimum absolute atomic E-state index is 0.582. The van der Waals surface area contributed by atoms with Gasteiger partial charge in [0.15, 0.2) is 0 Å². The summed E-state index contributed by atoms with van der Waals surface area (Å²) in [4.78, 5) is 4.58. The highest BCUT2D eigenvalue weighted by Crippen LogP contribution is 2.20. The third-order valence-electron chi connectivity index (χ3n) is 2.24. The van der Waals surface area contributed by atoms with Gasteiger partial charge in [-0.15, -0.1) is 0 Å². The van der Waals surface area contributed by atoms with Crippen molar-refractivity contribution in [2.45, 2.75) is 34.1 Å². The number of rotatable bonds is 2. The van der Waals surface area contributed by atoms with Crippen molar-refractivity contribution < 1.29 is 0 Å². The van der Waals surface area contributed by atoms with Crippen LogP contribution in [0.4, 0.5) is 0 Å². The minimum Gasteiger partial charge on any atom is -0.289 e. The first-order valence-corrected chi connectivity index (χ1v) is 4.87. The van der Waals surface area contributed by atoms with Gasteiger partial charge in [-0.25, -0.2) is 0 Å². The van der Waals surface area contributed by atoms with Crippen molar-refractivity contribution in [3.63, 3.8) is 0 Å². The second-order valence-electron chi connectivity index (χ2n) is 4.02. The van der Waals surface area contributed by atoms with E-state index in [1.54, 1.807) is 0 Å². The van der Waals surface area contributed by atoms with Gasteiger partial charge in [0.05, 0.1) is 0 Å². The first-order valence-electron chi connectivity index (χ1n) is 4.87. The molecule has 68 valence electrons. The van der Waals surface area contributed by atoms with Gasteiger partial charge in [0.1, 0.15) is 0 Å². The highest BCUT2D eigenvalue weighted by molar-refractivity contribution is 6.02. The highest BCUT2D eigenvalue weighted by Gasteiger charge is 2.16. The summed E-state index contributed by atoms with van der Waals surface area (Å²) in [6, 6.07) is 0. The second kappa shape index (κ2) is 3.88. The van der Waals surface area contributed by atoms with Crippen LogP contribution in [0.2, 0.25) is 0 Å². The van der Waals surface area contributed by atoms with Crippen LogP contribution in [0.15, 0.2) is 16.6 Å². The minimum atomic E-state index is 0.582. The van der Waals surface area contributed by atoms with Crippen LogP contribution in [0.3, 0.4) is 0 Å². The Labute approximate surface area is 75.6 Å². The highest BCUT2D eigenvalue weighted by atomic mass is 14.7. The number of allylic oxidation sites excluding steroid dienone is 1. The maximum absolute atomic E-state index is 4.58. The number of dihydropyridines is 1. The zero-order valence-corrected chi connectivity index (χ0v) is 8.59. The zero-order valence-electron chi connectivity index (χ0n) is 8.59. The van der Waals surface area contributed by atoms with Gasteiger partial charge < -0.3 is 0 Å². The lowest BCUT2D eigenvalue weighted by atomic mass is 9.89. The van der Waals surface area contributed by atoms with Crippen molar-refractivity contribution in [2.24, 2.45) is 16.8 Å². The Morgan fingerprint density at radius 1 is 1.17 bits per heavy atom. The third-order valence-corrected chi connectivity index (χ3v) is 2.24. The molecule has 0 aromatic heterocycles.